The van der Waals surface area contributed by atoms with E-state index in [1.165, 1.54) is 12.1 Å². The summed E-state index contributed by atoms with van der Waals surface area (Å²) in [4.78, 5) is 7.35. The largest absolute Gasteiger partial charge is 0.352 e. The first kappa shape index (κ1) is 12.0. The van der Waals surface area contributed by atoms with Crippen LogP contribution in [-0.2, 0) is 6.54 Å². The summed E-state index contributed by atoms with van der Waals surface area (Å²) in [7, 11) is 0. The number of nitrogens with one attached hydrogen (secondary N) is 2. The quantitative estimate of drug-likeness (QED) is 0.759. The van der Waals surface area contributed by atoms with Gasteiger partial charge in [-0.1, -0.05) is 23.7 Å². The summed E-state index contributed by atoms with van der Waals surface area (Å²) in [5.41, 5.74) is 2.46. The van der Waals surface area contributed by atoms with E-state index in [9.17, 15) is 4.39 Å². The fourth-order valence-corrected chi connectivity index (χ4v) is 2.11. The maximum absolute atomic E-state index is 13.1. The molecule has 96 valence electrons. The molecule has 0 radical (unpaired) electrons. The Morgan fingerprint density at radius 1 is 1.21 bits per heavy atom. The number of anilines is 1. The van der Waals surface area contributed by atoms with Crippen LogP contribution in [0.4, 0.5) is 10.3 Å². The maximum atomic E-state index is 13.1. The molecular weight excluding hydrogens is 265 g/mol. The Labute approximate surface area is 114 Å². The van der Waals surface area contributed by atoms with Crippen molar-refractivity contribution < 1.29 is 4.39 Å². The molecule has 1 heterocycles. The van der Waals surface area contributed by atoms with Crippen LogP contribution in [-0.4, -0.2) is 9.97 Å². The first-order chi connectivity index (χ1) is 9.20. The van der Waals surface area contributed by atoms with E-state index in [1.54, 1.807) is 6.07 Å². The molecule has 0 saturated carbocycles. The first-order valence-corrected chi connectivity index (χ1v) is 6.22. The van der Waals surface area contributed by atoms with E-state index in [-0.39, 0.29) is 5.82 Å². The molecule has 0 fully saturated rings. The van der Waals surface area contributed by atoms with Crippen molar-refractivity contribution in [2.24, 2.45) is 0 Å². The number of imidazole rings is 1. The van der Waals surface area contributed by atoms with Crippen molar-refractivity contribution in [1.82, 2.24) is 9.97 Å². The number of nitrogens with zero attached hydrogens (tertiary/aromatic N) is 1. The zero-order valence-electron chi connectivity index (χ0n) is 9.95. The molecule has 3 nitrogen and oxygen atoms in total. The van der Waals surface area contributed by atoms with Crippen molar-refractivity contribution >= 4 is 28.6 Å². The van der Waals surface area contributed by atoms with Crippen LogP contribution in [0.2, 0.25) is 5.02 Å². The average Bonchev–Trinajstić information content (AvgIpc) is 2.78. The Kier molecular flexibility index (Phi) is 3.09. The van der Waals surface area contributed by atoms with Crippen LogP contribution in [0.3, 0.4) is 0 Å². The molecule has 19 heavy (non-hydrogen) atoms. The minimum atomic E-state index is -0.280. The van der Waals surface area contributed by atoms with Crippen molar-refractivity contribution in [2.45, 2.75) is 6.54 Å². The lowest BCUT2D eigenvalue weighted by atomic mass is 10.2. The lowest BCUT2D eigenvalue weighted by Crippen LogP contribution is -2.00. The highest BCUT2D eigenvalue weighted by Gasteiger charge is 2.03. The van der Waals surface area contributed by atoms with Crippen molar-refractivity contribution in [2.75, 3.05) is 5.32 Å². The van der Waals surface area contributed by atoms with Gasteiger partial charge in [0, 0.05) is 11.6 Å². The van der Waals surface area contributed by atoms with Crippen molar-refractivity contribution in [3.05, 3.63) is 58.9 Å². The van der Waals surface area contributed by atoms with Gasteiger partial charge >= 0.3 is 0 Å². The third-order valence-electron chi connectivity index (χ3n) is 2.79. The van der Waals surface area contributed by atoms with Gasteiger partial charge in [0.2, 0.25) is 5.95 Å². The van der Waals surface area contributed by atoms with Gasteiger partial charge in [-0.2, -0.15) is 0 Å². The van der Waals surface area contributed by atoms with Gasteiger partial charge in [-0.05, 0) is 35.9 Å². The molecule has 2 N–H and O–H groups in total. The molecule has 0 spiro atoms. The van der Waals surface area contributed by atoms with E-state index in [1.807, 2.05) is 24.3 Å². The fraction of sp³-hybridized carbons (Fsp3) is 0.0714. The van der Waals surface area contributed by atoms with Gasteiger partial charge in [-0.25, -0.2) is 9.37 Å². The molecule has 0 aliphatic heterocycles. The minimum Gasteiger partial charge on any atom is -0.352 e. The molecule has 0 aliphatic carbocycles. The number of aromatic nitrogens is 2. The number of benzene rings is 2. The van der Waals surface area contributed by atoms with Crippen LogP contribution in [0.25, 0.3) is 11.0 Å². The van der Waals surface area contributed by atoms with Crippen molar-refractivity contribution in [3.63, 3.8) is 0 Å². The standard InChI is InChI=1S/C14H11ClFN3/c15-10-3-1-2-9(6-10)8-17-14-18-12-5-4-11(16)7-13(12)19-14/h1-7H,8H2,(H2,17,18,19). The molecule has 2 aromatic carbocycles. The summed E-state index contributed by atoms with van der Waals surface area (Å²) >= 11 is 5.92. The monoisotopic (exact) mass is 275 g/mol. The fourth-order valence-electron chi connectivity index (χ4n) is 1.90. The normalized spacial score (nSPS) is 10.8. The average molecular weight is 276 g/mol. The van der Waals surface area contributed by atoms with Gasteiger partial charge in [0.15, 0.2) is 0 Å². The smallest absolute Gasteiger partial charge is 0.201 e. The van der Waals surface area contributed by atoms with Gasteiger partial charge in [-0.15, -0.1) is 0 Å². The molecule has 0 amide bonds. The van der Waals surface area contributed by atoms with E-state index in [2.05, 4.69) is 15.3 Å². The third-order valence-corrected chi connectivity index (χ3v) is 3.03. The topological polar surface area (TPSA) is 40.7 Å². The highest BCUT2D eigenvalue weighted by Crippen LogP contribution is 2.16. The van der Waals surface area contributed by atoms with Crippen molar-refractivity contribution in [1.29, 1.82) is 0 Å². The molecule has 1 aromatic heterocycles. The molecule has 3 aromatic rings. The predicted molar refractivity (Wildman–Crippen MR) is 74.8 cm³/mol. The number of aromatic amines is 1. The summed E-state index contributed by atoms with van der Waals surface area (Å²) in [6, 6.07) is 12.0. The van der Waals surface area contributed by atoms with Gasteiger partial charge in [0.1, 0.15) is 5.82 Å². The molecule has 0 bridgehead atoms. The maximum Gasteiger partial charge on any atom is 0.201 e. The molecule has 0 atom stereocenters. The molecule has 0 saturated heterocycles. The Balaban J connectivity index is 1.78. The second kappa shape index (κ2) is 4.90. The molecule has 0 aliphatic rings. The highest BCUT2D eigenvalue weighted by molar-refractivity contribution is 6.30. The number of H-pyrrole nitrogens is 1. The summed E-state index contributed by atoms with van der Waals surface area (Å²) in [5.74, 6) is 0.332. The molecule has 0 unspecified atom stereocenters. The Bertz CT molecular complexity index is 724. The number of halogens is 2. The Morgan fingerprint density at radius 3 is 2.95 bits per heavy atom. The van der Waals surface area contributed by atoms with Gasteiger partial charge in [0.25, 0.3) is 0 Å². The van der Waals surface area contributed by atoms with Crippen LogP contribution in [0.5, 0.6) is 0 Å². The van der Waals surface area contributed by atoms with Gasteiger partial charge < -0.3 is 10.3 Å². The van der Waals surface area contributed by atoms with Crippen LogP contribution < -0.4 is 5.32 Å². The SMILES string of the molecule is Fc1ccc2nc(NCc3cccc(Cl)c3)[nH]c2c1. The van der Waals surface area contributed by atoms with E-state index in [0.717, 1.165) is 11.1 Å². The second-order valence-electron chi connectivity index (χ2n) is 4.23. The number of hydrogen-bond acceptors (Lipinski definition) is 2. The predicted octanol–water partition coefficient (Wildman–Crippen LogP) is 3.97. The van der Waals surface area contributed by atoms with E-state index in [0.29, 0.717) is 23.0 Å². The van der Waals surface area contributed by atoms with Crippen LogP contribution in [0.15, 0.2) is 42.5 Å². The number of fused-ring (bicyclic) bond motifs is 1. The van der Waals surface area contributed by atoms with E-state index in [4.69, 9.17) is 11.6 Å². The summed E-state index contributed by atoms with van der Waals surface area (Å²) < 4.78 is 13.1. The molecular formula is C14H11ClFN3. The van der Waals surface area contributed by atoms with Crippen LogP contribution >= 0.6 is 11.6 Å². The first-order valence-electron chi connectivity index (χ1n) is 5.84. The Hall–Kier alpha value is -2.07. The zero-order chi connectivity index (χ0) is 13.2. The van der Waals surface area contributed by atoms with Crippen LogP contribution in [0, 0.1) is 5.82 Å². The zero-order valence-corrected chi connectivity index (χ0v) is 10.7. The Morgan fingerprint density at radius 2 is 2.11 bits per heavy atom. The number of hydrogen-bond donors (Lipinski definition) is 2. The van der Waals surface area contributed by atoms with Crippen LogP contribution in [0.1, 0.15) is 5.56 Å². The summed E-state index contributed by atoms with van der Waals surface area (Å²) in [5, 5.41) is 3.85. The lowest BCUT2D eigenvalue weighted by molar-refractivity contribution is 0.629. The molecule has 5 heteroatoms. The third kappa shape index (κ3) is 2.69. The highest BCUT2D eigenvalue weighted by atomic mass is 35.5. The minimum absolute atomic E-state index is 0.280. The lowest BCUT2D eigenvalue weighted by Gasteiger charge is -2.03. The summed E-state index contributed by atoms with van der Waals surface area (Å²) in [6.45, 7) is 0.600. The van der Waals surface area contributed by atoms with E-state index < -0.39 is 0 Å². The summed E-state index contributed by atoms with van der Waals surface area (Å²) in [6.07, 6.45) is 0. The van der Waals surface area contributed by atoms with Gasteiger partial charge in [-0.3, -0.25) is 0 Å². The molecule has 3 rings (SSSR count). The second-order valence-corrected chi connectivity index (χ2v) is 4.67. The van der Waals surface area contributed by atoms with Gasteiger partial charge in [0.05, 0.1) is 11.0 Å². The van der Waals surface area contributed by atoms with Crippen molar-refractivity contribution in [3.8, 4) is 0 Å². The number of rotatable bonds is 3. The van der Waals surface area contributed by atoms with E-state index >= 15 is 0 Å².